The molecule has 0 aliphatic heterocycles. The molecule has 0 aromatic heterocycles. The third kappa shape index (κ3) is 5.64. The number of aryl methyl sites for hydroxylation is 1. The van der Waals surface area contributed by atoms with Crippen LogP contribution in [0.25, 0.3) is 0 Å². The van der Waals surface area contributed by atoms with Crippen molar-refractivity contribution in [2.24, 2.45) is 0 Å². The number of hydrogen-bond donors (Lipinski definition) is 1. The van der Waals surface area contributed by atoms with Gasteiger partial charge in [0.25, 0.3) is 0 Å². The minimum atomic E-state index is -0.163. The van der Waals surface area contributed by atoms with E-state index in [9.17, 15) is 0 Å². The van der Waals surface area contributed by atoms with Gasteiger partial charge in [-0.2, -0.15) is 0 Å². The van der Waals surface area contributed by atoms with Crippen LogP contribution in [0.4, 0.5) is 0 Å². The summed E-state index contributed by atoms with van der Waals surface area (Å²) in [6.07, 6.45) is 1.34. The molecule has 0 atom stereocenters. The minimum absolute atomic E-state index is 0.0997. The van der Waals surface area contributed by atoms with E-state index in [4.69, 9.17) is 14.6 Å². The van der Waals surface area contributed by atoms with Crippen LogP contribution in [0.1, 0.15) is 37.8 Å². The normalized spacial score (nSPS) is 10.8. The van der Waals surface area contributed by atoms with E-state index in [0.717, 1.165) is 23.3 Å². The van der Waals surface area contributed by atoms with Crippen LogP contribution < -0.4 is 4.74 Å². The predicted octanol–water partition coefficient (Wildman–Crippen LogP) is 2.92. The molecule has 0 saturated carbocycles. The molecule has 1 N–H and O–H groups in total. The molecular formula is C17H24O3. The first-order valence-corrected chi connectivity index (χ1v) is 6.87. The van der Waals surface area contributed by atoms with Crippen LogP contribution in [0.2, 0.25) is 0 Å². The molecule has 3 heteroatoms. The Balaban J connectivity index is 2.59. The number of hydrogen-bond acceptors (Lipinski definition) is 3. The van der Waals surface area contributed by atoms with Gasteiger partial charge in [-0.1, -0.05) is 11.8 Å². The van der Waals surface area contributed by atoms with Gasteiger partial charge in [0.1, 0.15) is 5.75 Å². The second kappa shape index (κ2) is 7.94. The maximum atomic E-state index is 8.69. The van der Waals surface area contributed by atoms with Crippen LogP contribution in [-0.4, -0.2) is 31.0 Å². The lowest BCUT2D eigenvalue weighted by molar-refractivity contribution is 0.00540. The van der Waals surface area contributed by atoms with Gasteiger partial charge in [-0.25, -0.2) is 0 Å². The lowest BCUT2D eigenvalue weighted by Gasteiger charge is -2.22. The zero-order valence-electron chi connectivity index (χ0n) is 12.8. The molecule has 0 radical (unpaired) electrons. The number of rotatable bonds is 6. The zero-order valence-corrected chi connectivity index (χ0v) is 12.8. The van der Waals surface area contributed by atoms with Crippen LogP contribution in [-0.2, 0) is 4.74 Å². The topological polar surface area (TPSA) is 38.7 Å². The number of ether oxygens (including phenoxy) is 2. The van der Waals surface area contributed by atoms with E-state index in [1.807, 2.05) is 39.0 Å². The highest BCUT2D eigenvalue weighted by Crippen LogP contribution is 2.20. The molecular weight excluding hydrogens is 252 g/mol. The van der Waals surface area contributed by atoms with Crippen molar-refractivity contribution in [3.8, 4) is 17.6 Å². The van der Waals surface area contributed by atoms with Gasteiger partial charge >= 0.3 is 0 Å². The van der Waals surface area contributed by atoms with Crippen molar-refractivity contribution in [1.82, 2.24) is 0 Å². The van der Waals surface area contributed by atoms with Crippen LogP contribution in [0, 0.1) is 18.8 Å². The molecule has 110 valence electrons. The van der Waals surface area contributed by atoms with E-state index in [1.54, 1.807) is 7.11 Å². The number of methoxy groups -OCH3 is 1. The van der Waals surface area contributed by atoms with Gasteiger partial charge in [-0.15, -0.1) is 0 Å². The average molecular weight is 276 g/mol. The first-order chi connectivity index (χ1) is 9.48. The van der Waals surface area contributed by atoms with Crippen LogP contribution in [0.3, 0.4) is 0 Å². The Hall–Kier alpha value is -1.50. The van der Waals surface area contributed by atoms with E-state index in [1.165, 1.54) is 0 Å². The van der Waals surface area contributed by atoms with Crippen molar-refractivity contribution >= 4 is 0 Å². The summed E-state index contributed by atoms with van der Waals surface area (Å²) in [6.45, 7) is 6.82. The highest BCUT2D eigenvalue weighted by Gasteiger charge is 2.16. The van der Waals surface area contributed by atoms with E-state index in [-0.39, 0.29) is 12.2 Å². The van der Waals surface area contributed by atoms with Gasteiger partial charge in [0.15, 0.2) is 0 Å². The highest BCUT2D eigenvalue weighted by molar-refractivity contribution is 5.43. The molecule has 20 heavy (non-hydrogen) atoms. The monoisotopic (exact) mass is 276 g/mol. The fraction of sp³-hybridized carbons (Fsp3) is 0.529. The van der Waals surface area contributed by atoms with E-state index >= 15 is 0 Å². The largest absolute Gasteiger partial charge is 0.493 e. The molecule has 0 aliphatic rings. The first-order valence-electron chi connectivity index (χ1n) is 6.87. The maximum absolute atomic E-state index is 8.69. The maximum Gasteiger partial charge on any atom is 0.122 e. The van der Waals surface area contributed by atoms with E-state index in [0.29, 0.717) is 13.0 Å². The number of aliphatic hydroxyl groups excluding tert-OH is 1. The van der Waals surface area contributed by atoms with Crippen molar-refractivity contribution in [3.63, 3.8) is 0 Å². The molecule has 0 aliphatic carbocycles. The summed E-state index contributed by atoms with van der Waals surface area (Å²) >= 11 is 0. The summed E-state index contributed by atoms with van der Waals surface area (Å²) < 4.78 is 11.1. The van der Waals surface area contributed by atoms with Gasteiger partial charge in [0.05, 0.1) is 18.8 Å². The molecule has 0 heterocycles. The lowest BCUT2D eigenvalue weighted by atomic mass is 10.1. The number of benzene rings is 1. The van der Waals surface area contributed by atoms with Crippen molar-refractivity contribution in [2.75, 3.05) is 20.3 Å². The quantitative estimate of drug-likeness (QED) is 0.812. The molecule has 0 unspecified atom stereocenters. The van der Waals surface area contributed by atoms with Gasteiger partial charge in [0.2, 0.25) is 0 Å². The summed E-state index contributed by atoms with van der Waals surface area (Å²) in [6, 6.07) is 5.88. The van der Waals surface area contributed by atoms with Gasteiger partial charge in [0, 0.05) is 25.5 Å². The molecule has 1 aromatic carbocycles. The molecule has 1 rings (SSSR count). The van der Waals surface area contributed by atoms with E-state index in [2.05, 4.69) is 11.8 Å². The molecule has 1 aromatic rings. The Kier molecular flexibility index (Phi) is 6.57. The molecule has 0 fully saturated rings. The summed E-state index contributed by atoms with van der Waals surface area (Å²) in [5.41, 5.74) is 1.85. The third-order valence-electron chi connectivity index (χ3n) is 3.16. The van der Waals surface area contributed by atoms with Crippen LogP contribution in [0.15, 0.2) is 18.2 Å². The zero-order chi connectivity index (χ0) is 15.0. The molecule has 0 saturated heterocycles. The SMILES string of the molecule is COC(C)(C)CCOc1ccc(C#CCCO)cc1C. The van der Waals surface area contributed by atoms with E-state index < -0.39 is 0 Å². The number of aliphatic hydroxyl groups is 1. The first kappa shape index (κ1) is 16.6. The summed E-state index contributed by atoms with van der Waals surface area (Å²) in [7, 11) is 1.71. The van der Waals surface area contributed by atoms with Gasteiger partial charge in [-0.3, -0.25) is 0 Å². The molecule has 0 bridgehead atoms. The second-order valence-electron chi connectivity index (χ2n) is 5.32. The minimum Gasteiger partial charge on any atom is -0.493 e. The Bertz CT molecular complexity index is 481. The Morgan fingerprint density at radius 2 is 2.05 bits per heavy atom. The van der Waals surface area contributed by atoms with Crippen molar-refractivity contribution in [2.45, 2.75) is 39.2 Å². The van der Waals surface area contributed by atoms with Crippen molar-refractivity contribution in [1.29, 1.82) is 0 Å². The Labute approximate surface area is 121 Å². The Morgan fingerprint density at radius 1 is 1.30 bits per heavy atom. The second-order valence-corrected chi connectivity index (χ2v) is 5.32. The third-order valence-corrected chi connectivity index (χ3v) is 3.16. The van der Waals surface area contributed by atoms with Gasteiger partial charge in [-0.05, 0) is 44.5 Å². The van der Waals surface area contributed by atoms with Crippen LogP contribution in [0.5, 0.6) is 5.75 Å². The highest BCUT2D eigenvalue weighted by atomic mass is 16.5. The van der Waals surface area contributed by atoms with Gasteiger partial charge < -0.3 is 14.6 Å². The molecule has 0 spiro atoms. The fourth-order valence-electron chi connectivity index (χ4n) is 1.62. The summed E-state index contributed by atoms with van der Waals surface area (Å²) in [5, 5.41) is 8.69. The fourth-order valence-corrected chi connectivity index (χ4v) is 1.62. The average Bonchev–Trinajstić information content (AvgIpc) is 2.41. The predicted molar refractivity (Wildman–Crippen MR) is 81.0 cm³/mol. The molecule has 0 amide bonds. The molecule has 3 nitrogen and oxygen atoms in total. The van der Waals surface area contributed by atoms with Crippen molar-refractivity contribution < 1.29 is 14.6 Å². The Morgan fingerprint density at radius 3 is 2.65 bits per heavy atom. The smallest absolute Gasteiger partial charge is 0.122 e. The summed E-state index contributed by atoms with van der Waals surface area (Å²) in [4.78, 5) is 0. The standard InChI is InChI=1S/C17H24O3/c1-14-13-15(7-5-6-11-18)8-9-16(14)20-12-10-17(2,3)19-4/h8-9,13,18H,6,10-12H2,1-4H3. The van der Waals surface area contributed by atoms with Crippen molar-refractivity contribution in [3.05, 3.63) is 29.3 Å². The summed E-state index contributed by atoms with van der Waals surface area (Å²) in [5.74, 6) is 6.81. The lowest BCUT2D eigenvalue weighted by Crippen LogP contribution is -2.25. The van der Waals surface area contributed by atoms with Crippen LogP contribution >= 0.6 is 0 Å².